The van der Waals surface area contributed by atoms with Crippen molar-refractivity contribution in [1.29, 1.82) is 0 Å². The molecule has 0 saturated carbocycles. The molecule has 1 aromatic carbocycles. The Balaban J connectivity index is -0.000000586. The maximum atomic E-state index is 8.88. The first kappa shape index (κ1) is 42.7. The molecule has 1 rings (SSSR count). The number of nitrogens with two attached hydrogens (primary N) is 1. The maximum Gasteiger partial charge on any atom is 0.466 e. The van der Waals surface area contributed by atoms with Gasteiger partial charge in [-0.1, -0.05) is 80.4 Å². The van der Waals surface area contributed by atoms with Crippen molar-refractivity contribution in [1.82, 2.24) is 0 Å². The van der Waals surface area contributed by atoms with Crippen molar-refractivity contribution in [2.45, 2.75) is 117 Å². The summed E-state index contributed by atoms with van der Waals surface area (Å²) in [5, 5.41) is 32.9. The number of hydrogen-bond acceptors (Lipinski definition) is 7. The first-order chi connectivity index (χ1) is 17.1. The third-order valence-electron chi connectivity index (χ3n) is 5.03. The van der Waals surface area contributed by atoms with Crippen molar-refractivity contribution < 1.29 is 58.9 Å². The molecular formula is C24H51NO12P2. The monoisotopic (exact) mass is 607 g/mol. The molecule has 0 heterocycles. The van der Waals surface area contributed by atoms with Gasteiger partial charge in [-0.2, -0.15) is 0 Å². The Hall–Kier alpha value is -0.760. The average molecular weight is 608 g/mol. The highest BCUT2D eigenvalue weighted by atomic mass is 31.2. The number of phosphoric acid groups is 2. The minimum absolute atomic E-state index is 0.101. The number of aliphatic hydroxyl groups is 4. The van der Waals surface area contributed by atoms with E-state index in [9.17, 15) is 0 Å². The van der Waals surface area contributed by atoms with Crippen LogP contribution in [0.1, 0.15) is 103 Å². The molecule has 13 nitrogen and oxygen atoms in total. The zero-order chi connectivity index (χ0) is 32.0. The molecule has 12 N–H and O–H groups in total. The Bertz CT molecular complexity index is 838. The Morgan fingerprint density at radius 3 is 1.28 bits per heavy atom. The fraction of sp³-hybridized carbons (Fsp3) is 0.750. The van der Waals surface area contributed by atoms with Gasteiger partial charge in [0.25, 0.3) is 0 Å². The molecule has 0 bridgehead atoms. The summed E-state index contributed by atoms with van der Waals surface area (Å²) in [6.45, 7) is 18.3. The zero-order valence-corrected chi connectivity index (χ0v) is 26.0. The van der Waals surface area contributed by atoms with Crippen LogP contribution in [0, 0.1) is 0 Å². The van der Waals surface area contributed by atoms with E-state index < -0.39 is 27.7 Å². The summed E-state index contributed by atoms with van der Waals surface area (Å²) in [6.07, 6.45) is 3.68. The van der Waals surface area contributed by atoms with Gasteiger partial charge in [0.1, 0.15) is 6.10 Å². The molecule has 0 aliphatic rings. The lowest BCUT2D eigenvalue weighted by molar-refractivity contribution is -0.354. The molecule has 1 atom stereocenters. The Kier molecular flexibility index (Phi) is 19.6. The van der Waals surface area contributed by atoms with Gasteiger partial charge in [0.05, 0.1) is 0 Å². The van der Waals surface area contributed by atoms with Crippen molar-refractivity contribution in [3.05, 3.63) is 34.4 Å². The topological polar surface area (TPSA) is 262 Å². The van der Waals surface area contributed by atoms with Gasteiger partial charge in [-0.15, -0.1) is 0 Å². The number of benzene rings is 1. The zero-order valence-electron chi connectivity index (χ0n) is 24.2. The lowest BCUT2D eigenvalue weighted by atomic mass is 9.74. The van der Waals surface area contributed by atoms with E-state index in [1.54, 1.807) is 5.56 Å². The fourth-order valence-corrected chi connectivity index (χ4v) is 3.28. The standard InChI is InChI=1S/C20H35N.C4H10O4.2H3O4P/c1-8-9-10-11-16-17(19(2,3)4)12-15(14-21)13-18(16)20(5,6)7;1-2-3(5)4(6,7)8;2*1-5(2,3)4/h12-13H,8-11,14,21H2,1-7H3;3,5-8H,2H2,1H3;2*(H3,1,2,3,4). The van der Waals surface area contributed by atoms with Crippen molar-refractivity contribution in [3.63, 3.8) is 0 Å². The molecular weight excluding hydrogens is 556 g/mol. The first-order valence-electron chi connectivity index (χ1n) is 12.4. The summed E-state index contributed by atoms with van der Waals surface area (Å²) >= 11 is 0. The molecule has 0 aliphatic heterocycles. The lowest BCUT2D eigenvalue weighted by Gasteiger charge is -2.31. The molecule has 1 aromatic rings. The van der Waals surface area contributed by atoms with Crippen molar-refractivity contribution >= 4 is 15.6 Å². The van der Waals surface area contributed by atoms with Gasteiger partial charge in [0.15, 0.2) is 0 Å². The number of unbranched alkanes of at least 4 members (excludes halogenated alkanes) is 2. The molecule has 39 heavy (non-hydrogen) atoms. The van der Waals surface area contributed by atoms with E-state index >= 15 is 0 Å². The van der Waals surface area contributed by atoms with Crippen LogP contribution in [-0.2, 0) is 32.9 Å². The Labute approximate surface area is 231 Å². The average Bonchev–Trinajstić information content (AvgIpc) is 2.69. The second-order valence-electron chi connectivity index (χ2n) is 11.0. The molecule has 1 unspecified atom stereocenters. The quantitative estimate of drug-likeness (QED) is 0.120. The van der Waals surface area contributed by atoms with Gasteiger partial charge in [0.2, 0.25) is 0 Å². The fourth-order valence-electron chi connectivity index (χ4n) is 3.28. The number of aliphatic hydroxyl groups excluding tert-OH is 1. The van der Waals surface area contributed by atoms with Crippen molar-refractivity contribution in [2.24, 2.45) is 5.73 Å². The summed E-state index contributed by atoms with van der Waals surface area (Å²) in [7, 11) is -9.28. The molecule has 0 spiro atoms. The summed E-state index contributed by atoms with van der Waals surface area (Å²) in [6, 6.07) is 4.69. The molecule has 0 aromatic heterocycles. The van der Waals surface area contributed by atoms with Crippen LogP contribution in [-0.4, -0.2) is 61.9 Å². The SMILES string of the molecule is CCC(O)C(O)(O)O.CCCCCc1c(C(C)(C)C)cc(CN)cc1C(C)(C)C.O=P(O)(O)O.O=P(O)(O)O. The van der Waals surface area contributed by atoms with Gasteiger partial charge in [-0.3, -0.25) is 0 Å². The van der Waals surface area contributed by atoms with Crippen LogP contribution < -0.4 is 5.73 Å². The lowest BCUT2D eigenvalue weighted by Crippen LogP contribution is -2.41. The van der Waals surface area contributed by atoms with E-state index in [1.807, 2.05) is 0 Å². The predicted molar refractivity (Wildman–Crippen MR) is 149 cm³/mol. The minimum atomic E-state index is -4.64. The van der Waals surface area contributed by atoms with Crippen LogP contribution >= 0.6 is 15.6 Å². The third-order valence-corrected chi connectivity index (χ3v) is 5.03. The number of hydrogen-bond donors (Lipinski definition) is 11. The predicted octanol–water partition coefficient (Wildman–Crippen LogP) is 2.00. The second-order valence-corrected chi connectivity index (χ2v) is 13.0. The highest BCUT2D eigenvalue weighted by Gasteiger charge is 2.28. The molecule has 0 radical (unpaired) electrons. The van der Waals surface area contributed by atoms with E-state index in [1.165, 1.54) is 49.3 Å². The maximum absolute atomic E-state index is 8.88. The number of rotatable bonds is 7. The Morgan fingerprint density at radius 1 is 0.769 bits per heavy atom. The van der Waals surface area contributed by atoms with Crippen LogP contribution in [0.15, 0.2) is 12.1 Å². The highest BCUT2D eigenvalue weighted by molar-refractivity contribution is 7.45. The van der Waals surface area contributed by atoms with E-state index in [2.05, 4.69) is 60.6 Å². The van der Waals surface area contributed by atoms with Crippen LogP contribution in [0.5, 0.6) is 0 Å². The summed E-state index contributed by atoms with van der Waals surface area (Å²) < 4.78 is 17.8. The minimum Gasteiger partial charge on any atom is -0.385 e. The second kappa shape index (κ2) is 17.9. The summed E-state index contributed by atoms with van der Waals surface area (Å²) in [5.74, 6) is -2.94. The molecule has 0 saturated heterocycles. The third kappa shape index (κ3) is 25.9. The Morgan fingerprint density at radius 2 is 1.10 bits per heavy atom. The van der Waals surface area contributed by atoms with Crippen LogP contribution in [0.4, 0.5) is 0 Å². The van der Waals surface area contributed by atoms with Crippen LogP contribution in [0.25, 0.3) is 0 Å². The van der Waals surface area contributed by atoms with Crippen molar-refractivity contribution in [3.8, 4) is 0 Å². The largest absolute Gasteiger partial charge is 0.466 e. The van der Waals surface area contributed by atoms with Gasteiger partial charge in [-0.25, -0.2) is 9.13 Å². The highest BCUT2D eigenvalue weighted by Crippen LogP contribution is 2.36. The van der Waals surface area contributed by atoms with Crippen LogP contribution in [0.2, 0.25) is 0 Å². The van der Waals surface area contributed by atoms with E-state index in [-0.39, 0.29) is 17.3 Å². The molecule has 0 fully saturated rings. The normalized spacial score (nSPS) is 13.2. The molecule has 0 amide bonds. The van der Waals surface area contributed by atoms with E-state index in [0.717, 1.165) is 0 Å². The van der Waals surface area contributed by atoms with E-state index in [4.69, 9.17) is 64.7 Å². The molecule has 0 aliphatic carbocycles. The summed E-state index contributed by atoms with van der Waals surface area (Å²) in [5.41, 5.74) is 12.1. The van der Waals surface area contributed by atoms with Gasteiger partial charge in [0, 0.05) is 6.54 Å². The van der Waals surface area contributed by atoms with E-state index in [0.29, 0.717) is 6.54 Å². The van der Waals surface area contributed by atoms with Crippen LogP contribution in [0.3, 0.4) is 0 Å². The van der Waals surface area contributed by atoms with Gasteiger partial charge in [-0.05, 0) is 52.3 Å². The smallest absolute Gasteiger partial charge is 0.385 e. The summed E-state index contributed by atoms with van der Waals surface area (Å²) in [4.78, 5) is 43.1. The van der Waals surface area contributed by atoms with Gasteiger partial charge < -0.3 is 55.5 Å². The van der Waals surface area contributed by atoms with Gasteiger partial charge >= 0.3 is 21.6 Å². The van der Waals surface area contributed by atoms with Crippen molar-refractivity contribution in [2.75, 3.05) is 0 Å². The molecule has 15 heteroatoms. The molecule has 234 valence electrons. The first-order valence-corrected chi connectivity index (χ1v) is 15.5.